The summed E-state index contributed by atoms with van der Waals surface area (Å²) in [5.41, 5.74) is 2.73. The molecule has 2 N–H and O–H groups in total. The smallest absolute Gasteiger partial charge is 0.191 e. The third-order valence-electron chi connectivity index (χ3n) is 5.94. The second kappa shape index (κ2) is 12.6. The summed E-state index contributed by atoms with van der Waals surface area (Å²) in [7, 11) is 1.85. The zero-order chi connectivity index (χ0) is 18.9. The van der Waals surface area contributed by atoms with Gasteiger partial charge in [-0.2, -0.15) is 0 Å². The van der Waals surface area contributed by atoms with E-state index in [4.69, 9.17) is 0 Å². The third-order valence-corrected chi connectivity index (χ3v) is 5.94. The van der Waals surface area contributed by atoms with Gasteiger partial charge in [0.05, 0.1) is 0 Å². The molecule has 158 valence electrons. The number of halogens is 1. The number of hydrogen-bond donors (Lipinski definition) is 2. The van der Waals surface area contributed by atoms with Crippen molar-refractivity contribution in [2.24, 2.45) is 10.9 Å². The fourth-order valence-corrected chi connectivity index (χ4v) is 4.15. The van der Waals surface area contributed by atoms with Gasteiger partial charge in [0.1, 0.15) is 0 Å². The number of guanidine groups is 1. The number of hydrogen-bond acceptors (Lipinski definition) is 3. The summed E-state index contributed by atoms with van der Waals surface area (Å²) >= 11 is 0. The molecular formula is C22H38IN5. The van der Waals surface area contributed by atoms with Crippen LogP contribution >= 0.6 is 24.0 Å². The predicted molar refractivity (Wildman–Crippen MR) is 129 cm³/mol. The number of likely N-dealkylation sites (tertiary alicyclic amines) is 2. The van der Waals surface area contributed by atoms with Gasteiger partial charge in [-0.3, -0.25) is 9.89 Å². The molecule has 0 spiro atoms. The second-order valence-electron chi connectivity index (χ2n) is 8.01. The lowest BCUT2D eigenvalue weighted by Crippen LogP contribution is -2.39. The maximum absolute atomic E-state index is 4.37. The van der Waals surface area contributed by atoms with Gasteiger partial charge in [-0.25, -0.2) is 0 Å². The molecule has 0 amide bonds. The Morgan fingerprint density at radius 3 is 2.36 bits per heavy atom. The Hall–Kier alpha value is -0.860. The molecule has 2 heterocycles. The van der Waals surface area contributed by atoms with E-state index in [0.717, 1.165) is 38.1 Å². The van der Waals surface area contributed by atoms with Gasteiger partial charge < -0.3 is 15.5 Å². The van der Waals surface area contributed by atoms with Crippen molar-refractivity contribution in [2.75, 3.05) is 46.3 Å². The van der Waals surface area contributed by atoms with Gasteiger partial charge in [-0.15, -0.1) is 24.0 Å². The number of aliphatic imine (C=N–C) groups is 1. The van der Waals surface area contributed by atoms with E-state index in [1.807, 2.05) is 7.05 Å². The average molecular weight is 499 g/mol. The van der Waals surface area contributed by atoms with Crippen molar-refractivity contribution in [3.63, 3.8) is 0 Å². The predicted octanol–water partition coefficient (Wildman–Crippen LogP) is 3.30. The molecule has 28 heavy (non-hydrogen) atoms. The van der Waals surface area contributed by atoms with Gasteiger partial charge in [0.25, 0.3) is 0 Å². The van der Waals surface area contributed by atoms with Crippen molar-refractivity contribution < 1.29 is 0 Å². The summed E-state index contributed by atoms with van der Waals surface area (Å²) in [5.74, 6) is 1.64. The van der Waals surface area contributed by atoms with Crippen molar-refractivity contribution in [3.8, 4) is 0 Å². The van der Waals surface area contributed by atoms with Crippen molar-refractivity contribution in [3.05, 3.63) is 35.4 Å². The van der Waals surface area contributed by atoms with E-state index in [9.17, 15) is 0 Å². The summed E-state index contributed by atoms with van der Waals surface area (Å²) in [5, 5.41) is 6.95. The SMILES string of the molecule is CCN1CCC(CNC(=NC)NCc2ccc(CN3CCCCC3)cc2)C1.I. The quantitative estimate of drug-likeness (QED) is 0.343. The maximum Gasteiger partial charge on any atom is 0.191 e. The summed E-state index contributed by atoms with van der Waals surface area (Å²) in [4.78, 5) is 9.47. The van der Waals surface area contributed by atoms with Crippen LogP contribution in [-0.2, 0) is 13.1 Å². The number of nitrogens with one attached hydrogen (secondary N) is 2. The highest BCUT2D eigenvalue weighted by Gasteiger charge is 2.20. The Labute approximate surface area is 188 Å². The molecule has 2 aliphatic heterocycles. The molecular weight excluding hydrogens is 461 g/mol. The molecule has 2 aliphatic rings. The lowest BCUT2D eigenvalue weighted by atomic mass is 10.1. The summed E-state index contributed by atoms with van der Waals surface area (Å²) in [6, 6.07) is 9.05. The highest BCUT2D eigenvalue weighted by atomic mass is 127. The van der Waals surface area contributed by atoms with Crippen LogP contribution in [0.25, 0.3) is 0 Å². The minimum absolute atomic E-state index is 0. The van der Waals surface area contributed by atoms with Crippen LogP contribution in [0.1, 0.15) is 43.7 Å². The van der Waals surface area contributed by atoms with E-state index in [0.29, 0.717) is 0 Å². The Kier molecular flexibility index (Phi) is 10.6. The van der Waals surface area contributed by atoms with E-state index < -0.39 is 0 Å². The van der Waals surface area contributed by atoms with Gasteiger partial charge in [-0.05, 0) is 62.5 Å². The maximum atomic E-state index is 4.37. The first-order chi connectivity index (χ1) is 13.3. The fourth-order valence-electron chi connectivity index (χ4n) is 4.15. The average Bonchev–Trinajstić information content (AvgIpc) is 3.18. The molecule has 6 heteroatoms. The minimum Gasteiger partial charge on any atom is -0.356 e. The largest absolute Gasteiger partial charge is 0.356 e. The van der Waals surface area contributed by atoms with Crippen molar-refractivity contribution in [2.45, 2.75) is 45.7 Å². The van der Waals surface area contributed by atoms with Gasteiger partial charge in [0.15, 0.2) is 5.96 Å². The van der Waals surface area contributed by atoms with E-state index >= 15 is 0 Å². The summed E-state index contributed by atoms with van der Waals surface area (Å²) in [6.07, 6.45) is 5.39. The van der Waals surface area contributed by atoms with Crippen LogP contribution in [0.4, 0.5) is 0 Å². The molecule has 5 nitrogen and oxygen atoms in total. The number of benzene rings is 1. The van der Waals surface area contributed by atoms with Crippen molar-refractivity contribution >= 4 is 29.9 Å². The van der Waals surface area contributed by atoms with E-state index in [2.05, 4.69) is 56.6 Å². The molecule has 2 saturated heterocycles. The van der Waals surface area contributed by atoms with Crippen LogP contribution in [-0.4, -0.2) is 62.1 Å². The fraction of sp³-hybridized carbons (Fsp3) is 0.682. The van der Waals surface area contributed by atoms with E-state index in [-0.39, 0.29) is 24.0 Å². The van der Waals surface area contributed by atoms with E-state index in [1.54, 1.807) is 0 Å². The zero-order valence-corrected chi connectivity index (χ0v) is 20.0. The molecule has 1 atom stereocenters. The highest BCUT2D eigenvalue weighted by Crippen LogP contribution is 2.15. The highest BCUT2D eigenvalue weighted by molar-refractivity contribution is 14.0. The lowest BCUT2D eigenvalue weighted by Gasteiger charge is -2.26. The van der Waals surface area contributed by atoms with Crippen molar-refractivity contribution in [1.82, 2.24) is 20.4 Å². The molecule has 0 aromatic heterocycles. The first-order valence-electron chi connectivity index (χ1n) is 10.7. The first kappa shape index (κ1) is 23.4. The molecule has 1 aromatic rings. The van der Waals surface area contributed by atoms with Gasteiger partial charge in [0.2, 0.25) is 0 Å². The third kappa shape index (κ3) is 7.52. The summed E-state index contributed by atoms with van der Waals surface area (Å²) in [6.45, 7) is 11.3. The topological polar surface area (TPSA) is 42.9 Å². The molecule has 1 aromatic carbocycles. The molecule has 3 rings (SSSR count). The van der Waals surface area contributed by atoms with Crippen LogP contribution in [0.2, 0.25) is 0 Å². The minimum atomic E-state index is 0. The second-order valence-corrected chi connectivity index (χ2v) is 8.01. The zero-order valence-electron chi connectivity index (χ0n) is 17.6. The molecule has 2 fully saturated rings. The molecule has 1 unspecified atom stereocenters. The Morgan fingerprint density at radius 2 is 1.71 bits per heavy atom. The number of rotatable bonds is 7. The summed E-state index contributed by atoms with van der Waals surface area (Å²) < 4.78 is 0. The number of nitrogens with zero attached hydrogens (tertiary/aromatic N) is 3. The van der Waals surface area contributed by atoms with Crippen LogP contribution in [0.15, 0.2) is 29.3 Å². The van der Waals surface area contributed by atoms with Crippen molar-refractivity contribution in [1.29, 1.82) is 0 Å². The van der Waals surface area contributed by atoms with Gasteiger partial charge in [-0.1, -0.05) is 37.6 Å². The van der Waals surface area contributed by atoms with Crippen LogP contribution in [0.5, 0.6) is 0 Å². The van der Waals surface area contributed by atoms with Crippen LogP contribution in [0.3, 0.4) is 0 Å². The van der Waals surface area contributed by atoms with Crippen LogP contribution in [0, 0.1) is 5.92 Å². The standard InChI is InChI=1S/C22H37N5.HI/c1-3-26-14-11-21(18-26)16-25-22(23-2)24-15-19-7-9-20(10-8-19)17-27-12-5-4-6-13-27;/h7-10,21H,3-6,11-18H2,1-2H3,(H2,23,24,25);1H. The lowest BCUT2D eigenvalue weighted by molar-refractivity contribution is 0.221. The monoisotopic (exact) mass is 499 g/mol. The molecule has 0 radical (unpaired) electrons. The van der Waals surface area contributed by atoms with E-state index in [1.165, 1.54) is 63.0 Å². The molecule has 0 saturated carbocycles. The van der Waals surface area contributed by atoms with Gasteiger partial charge in [0, 0.05) is 33.2 Å². The molecule has 0 aliphatic carbocycles. The normalized spacial score (nSPS) is 21.4. The number of piperidine rings is 1. The Morgan fingerprint density at radius 1 is 1.00 bits per heavy atom. The Balaban J connectivity index is 0.00000280. The first-order valence-corrected chi connectivity index (χ1v) is 10.7. The van der Waals surface area contributed by atoms with Crippen LogP contribution < -0.4 is 10.6 Å². The van der Waals surface area contributed by atoms with Gasteiger partial charge >= 0.3 is 0 Å². The molecule has 0 bridgehead atoms. The Bertz CT molecular complexity index is 583.